The second-order valence-corrected chi connectivity index (χ2v) is 6.34. The number of urea groups is 2. The highest BCUT2D eigenvalue weighted by Gasteiger charge is 2.12. The number of carbonyl (C=O) groups is 2. The van der Waals surface area contributed by atoms with Gasteiger partial charge in [-0.25, -0.2) is 19.6 Å². The van der Waals surface area contributed by atoms with Crippen LogP contribution in [0, 0.1) is 0 Å². The number of hydrogen-bond donors (Lipinski definition) is 4. The molecule has 1 atom stereocenters. The highest BCUT2D eigenvalue weighted by molar-refractivity contribution is 7.14. The van der Waals surface area contributed by atoms with Crippen LogP contribution in [0.3, 0.4) is 0 Å². The van der Waals surface area contributed by atoms with Crippen LogP contribution in [0.4, 0.5) is 19.9 Å². The predicted molar refractivity (Wildman–Crippen MR) is 92.1 cm³/mol. The first-order valence-electron chi connectivity index (χ1n) is 7.08. The molecule has 0 aliphatic carbocycles. The summed E-state index contributed by atoms with van der Waals surface area (Å²) in [7, 11) is 0. The highest BCUT2D eigenvalue weighted by Crippen LogP contribution is 2.10. The average molecular weight is 354 g/mol. The Labute approximate surface area is 141 Å². The molecule has 0 radical (unpaired) electrons. The minimum Gasteiger partial charge on any atom is -0.338 e. The lowest BCUT2D eigenvalue weighted by molar-refractivity contribution is 0.246. The number of amides is 4. The lowest BCUT2D eigenvalue weighted by atomic mass is 10.1. The quantitative estimate of drug-likeness (QED) is 0.613. The molecule has 0 spiro atoms. The van der Waals surface area contributed by atoms with Gasteiger partial charge in [0.2, 0.25) is 0 Å². The number of hydrogen-bond acceptors (Lipinski definition) is 6. The smallest absolute Gasteiger partial charge is 0.321 e. The van der Waals surface area contributed by atoms with Gasteiger partial charge in [0.05, 0.1) is 0 Å². The van der Waals surface area contributed by atoms with Crippen molar-refractivity contribution >= 4 is 45.0 Å². The van der Waals surface area contributed by atoms with Crippen LogP contribution in [-0.2, 0) is 0 Å². The first kappa shape index (κ1) is 17.2. The molecule has 4 amide bonds. The number of anilines is 2. The predicted octanol–water partition coefficient (Wildman–Crippen LogP) is 2.71. The molecule has 0 saturated carbocycles. The van der Waals surface area contributed by atoms with Gasteiger partial charge in [-0.3, -0.25) is 10.6 Å². The number of rotatable bonds is 7. The van der Waals surface area contributed by atoms with Crippen LogP contribution in [0.25, 0.3) is 0 Å². The Balaban J connectivity index is 1.65. The van der Waals surface area contributed by atoms with Crippen molar-refractivity contribution in [1.82, 2.24) is 20.6 Å². The van der Waals surface area contributed by atoms with E-state index in [1.54, 1.807) is 23.2 Å². The maximum absolute atomic E-state index is 11.8. The second kappa shape index (κ2) is 9.06. The molecule has 2 rings (SSSR count). The van der Waals surface area contributed by atoms with E-state index >= 15 is 0 Å². The Bertz CT molecular complexity index is 602. The van der Waals surface area contributed by atoms with E-state index in [1.165, 1.54) is 22.7 Å². The van der Waals surface area contributed by atoms with Gasteiger partial charge in [-0.15, -0.1) is 22.7 Å². The molecule has 1 unspecified atom stereocenters. The van der Waals surface area contributed by atoms with Crippen LogP contribution in [0.5, 0.6) is 0 Å². The minimum absolute atomic E-state index is 0.0323. The molecular weight excluding hydrogens is 336 g/mol. The van der Waals surface area contributed by atoms with E-state index in [2.05, 4.69) is 31.2 Å². The third kappa shape index (κ3) is 6.20. The molecule has 0 aliphatic rings. The van der Waals surface area contributed by atoms with E-state index in [4.69, 9.17) is 0 Å². The first-order valence-corrected chi connectivity index (χ1v) is 8.84. The Kier molecular flexibility index (Phi) is 6.76. The molecule has 0 saturated heterocycles. The summed E-state index contributed by atoms with van der Waals surface area (Å²) in [4.78, 5) is 31.4. The van der Waals surface area contributed by atoms with E-state index < -0.39 is 0 Å². The molecule has 4 N–H and O–H groups in total. The molecule has 0 fully saturated rings. The molecule has 10 heteroatoms. The largest absolute Gasteiger partial charge is 0.338 e. The van der Waals surface area contributed by atoms with Crippen LogP contribution in [0.2, 0.25) is 0 Å². The Morgan fingerprint density at radius 2 is 1.70 bits per heavy atom. The maximum atomic E-state index is 11.8. The SMILES string of the molecule is CCC(CCNC(=O)Nc1nccs1)NC(=O)Nc1nccs1. The van der Waals surface area contributed by atoms with Gasteiger partial charge in [-0.2, -0.15) is 0 Å². The zero-order chi connectivity index (χ0) is 16.5. The molecule has 0 aromatic carbocycles. The lowest BCUT2D eigenvalue weighted by Crippen LogP contribution is -2.40. The molecule has 23 heavy (non-hydrogen) atoms. The van der Waals surface area contributed by atoms with Crippen LogP contribution in [0.15, 0.2) is 23.2 Å². The summed E-state index contributed by atoms with van der Waals surface area (Å²) in [5.41, 5.74) is 0. The minimum atomic E-state index is -0.304. The zero-order valence-corrected chi connectivity index (χ0v) is 14.2. The first-order chi connectivity index (χ1) is 11.2. The van der Waals surface area contributed by atoms with E-state index in [0.29, 0.717) is 23.2 Å². The van der Waals surface area contributed by atoms with E-state index in [-0.39, 0.29) is 18.1 Å². The Morgan fingerprint density at radius 3 is 2.22 bits per heavy atom. The van der Waals surface area contributed by atoms with Crippen molar-refractivity contribution < 1.29 is 9.59 Å². The maximum Gasteiger partial charge on any atom is 0.321 e. The van der Waals surface area contributed by atoms with Crippen LogP contribution < -0.4 is 21.3 Å². The van der Waals surface area contributed by atoms with Crippen molar-refractivity contribution in [2.24, 2.45) is 0 Å². The van der Waals surface area contributed by atoms with Gasteiger partial charge in [0.1, 0.15) is 0 Å². The summed E-state index contributed by atoms with van der Waals surface area (Å²) < 4.78 is 0. The standard InChI is InChI=1S/C13H18N6O2S2/c1-2-9(17-11(21)19-13-16-6-8-23-13)3-4-14-10(20)18-12-15-5-7-22-12/h5-9H,2-4H2,1H3,(H2,14,15,18,20)(H2,16,17,19,21). The highest BCUT2D eigenvalue weighted by atomic mass is 32.1. The van der Waals surface area contributed by atoms with Gasteiger partial charge in [0.15, 0.2) is 10.3 Å². The van der Waals surface area contributed by atoms with Gasteiger partial charge in [-0.05, 0) is 12.8 Å². The fraction of sp³-hybridized carbons (Fsp3) is 0.385. The van der Waals surface area contributed by atoms with E-state index in [9.17, 15) is 9.59 Å². The summed E-state index contributed by atoms with van der Waals surface area (Å²) in [6.45, 7) is 2.43. The number of nitrogens with zero attached hydrogens (tertiary/aromatic N) is 2. The summed E-state index contributed by atoms with van der Waals surface area (Å²) in [6.07, 6.45) is 4.65. The van der Waals surface area contributed by atoms with E-state index in [0.717, 1.165) is 6.42 Å². The second-order valence-electron chi connectivity index (χ2n) is 4.55. The third-order valence-electron chi connectivity index (χ3n) is 2.91. The average Bonchev–Trinajstić information content (AvgIpc) is 3.20. The molecule has 0 bridgehead atoms. The normalized spacial score (nSPS) is 11.5. The van der Waals surface area contributed by atoms with Gasteiger partial charge in [-0.1, -0.05) is 6.92 Å². The van der Waals surface area contributed by atoms with Gasteiger partial charge < -0.3 is 10.6 Å². The zero-order valence-electron chi connectivity index (χ0n) is 12.5. The summed E-state index contributed by atoms with van der Waals surface area (Å²) >= 11 is 2.71. The van der Waals surface area contributed by atoms with E-state index in [1.807, 2.05) is 6.92 Å². The molecule has 124 valence electrons. The summed E-state index contributed by atoms with van der Waals surface area (Å²) in [5, 5.41) is 15.6. The molecule has 2 heterocycles. The molecule has 0 aliphatic heterocycles. The third-order valence-corrected chi connectivity index (χ3v) is 4.29. The lowest BCUT2D eigenvalue weighted by Gasteiger charge is -2.17. The van der Waals surface area contributed by atoms with Crippen molar-refractivity contribution in [2.75, 3.05) is 17.2 Å². The summed E-state index contributed by atoms with van der Waals surface area (Å²) in [6, 6.07) is -0.629. The van der Waals surface area contributed by atoms with Gasteiger partial charge in [0, 0.05) is 35.7 Å². The topological polar surface area (TPSA) is 108 Å². The molecular formula is C13H18N6O2S2. The monoisotopic (exact) mass is 354 g/mol. The molecule has 8 nitrogen and oxygen atoms in total. The molecule has 2 aromatic rings. The number of nitrogens with one attached hydrogen (secondary N) is 4. The molecule has 2 aromatic heterocycles. The number of thiazole rings is 2. The van der Waals surface area contributed by atoms with Crippen molar-refractivity contribution in [3.05, 3.63) is 23.2 Å². The fourth-order valence-corrected chi connectivity index (χ4v) is 2.82. The van der Waals surface area contributed by atoms with Crippen LogP contribution in [0.1, 0.15) is 19.8 Å². The van der Waals surface area contributed by atoms with Gasteiger partial charge >= 0.3 is 12.1 Å². The summed E-state index contributed by atoms with van der Waals surface area (Å²) in [5.74, 6) is 0. The Hall–Kier alpha value is -2.20. The van der Waals surface area contributed by atoms with Crippen LogP contribution >= 0.6 is 22.7 Å². The number of aromatic nitrogens is 2. The number of carbonyl (C=O) groups excluding carboxylic acids is 2. The van der Waals surface area contributed by atoms with Crippen molar-refractivity contribution in [1.29, 1.82) is 0 Å². The van der Waals surface area contributed by atoms with Crippen molar-refractivity contribution in [3.63, 3.8) is 0 Å². The fourth-order valence-electron chi connectivity index (χ4n) is 1.77. The van der Waals surface area contributed by atoms with Crippen LogP contribution in [-0.4, -0.2) is 34.6 Å². The Morgan fingerprint density at radius 1 is 1.09 bits per heavy atom. The van der Waals surface area contributed by atoms with Gasteiger partial charge in [0.25, 0.3) is 0 Å². The van der Waals surface area contributed by atoms with Crippen molar-refractivity contribution in [3.8, 4) is 0 Å². The van der Waals surface area contributed by atoms with Crippen molar-refractivity contribution in [2.45, 2.75) is 25.8 Å².